The van der Waals surface area contributed by atoms with Gasteiger partial charge in [0.25, 0.3) is 5.89 Å². The van der Waals surface area contributed by atoms with Crippen LogP contribution in [0.5, 0.6) is 0 Å². The topological polar surface area (TPSA) is 64.9 Å². The Labute approximate surface area is 98.6 Å². The van der Waals surface area contributed by atoms with Gasteiger partial charge in [0.15, 0.2) is 5.82 Å². The Balaban J connectivity index is 2.47. The molecular weight excluding hydrogens is 221 g/mol. The first kappa shape index (κ1) is 11.6. The van der Waals surface area contributed by atoms with Crippen LogP contribution >= 0.6 is 0 Å². The molecule has 0 aliphatic rings. The molecule has 0 atom stereocenters. The van der Waals surface area contributed by atoms with Crippen molar-refractivity contribution in [1.82, 2.24) is 10.1 Å². The zero-order valence-electron chi connectivity index (χ0n) is 9.99. The van der Waals surface area contributed by atoms with Gasteiger partial charge in [-0.25, -0.2) is 4.39 Å². The van der Waals surface area contributed by atoms with E-state index in [1.165, 1.54) is 18.2 Å². The summed E-state index contributed by atoms with van der Waals surface area (Å²) in [7, 11) is 0. The smallest absolute Gasteiger partial charge is 0.260 e. The summed E-state index contributed by atoms with van der Waals surface area (Å²) in [5.74, 6) is 0.261. The number of nitrogens with zero attached hydrogens (tertiary/aromatic N) is 2. The Morgan fingerprint density at radius 2 is 2.00 bits per heavy atom. The maximum atomic E-state index is 13.6. The Hall–Kier alpha value is -1.91. The van der Waals surface area contributed by atoms with Crippen LogP contribution in [0.3, 0.4) is 0 Å². The van der Waals surface area contributed by atoms with E-state index < -0.39 is 5.82 Å². The molecule has 1 heterocycles. The largest absolute Gasteiger partial charge is 0.399 e. The molecule has 2 rings (SSSR count). The van der Waals surface area contributed by atoms with Crippen LogP contribution in [0.25, 0.3) is 11.5 Å². The molecular formula is C12H14FN3O. The van der Waals surface area contributed by atoms with Crippen LogP contribution in [0.2, 0.25) is 0 Å². The lowest BCUT2D eigenvalue weighted by Crippen LogP contribution is -2.13. The predicted molar refractivity (Wildman–Crippen MR) is 62.8 cm³/mol. The van der Waals surface area contributed by atoms with Gasteiger partial charge in [0, 0.05) is 11.1 Å². The predicted octanol–water partition coefficient (Wildman–Crippen LogP) is 2.76. The van der Waals surface area contributed by atoms with Crippen LogP contribution < -0.4 is 5.73 Å². The third-order valence-corrected chi connectivity index (χ3v) is 2.32. The highest BCUT2D eigenvalue weighted by atomic mass is 19.1. The molecule has 0 fully saturated rings. The van der Waals surface area contributed by atoms with E-state index in [2.05, 4.69) is 10.1 Å². The molecule has 0 aliphatic carbocycles. The average molecular weight is 235 g/mol. The standard InChI is InChI=1S/C12H14FN3O/c1-12(2,3)11-15-10(17-16-11)8-6-7(14)4-5-9(8)13/h4-6H,14H2,1-3H3. The van der Waals surface area contributed by atoms with Crippen molar-refractivity contribution < 1.29 is 8.91 Å². The van der Waals surface area contributed by atoms with Crippen LogP contribution in [0, 0.1) is 5.82 Å². The van der Waals surface area contributed by atoms with E-state index in [-0.39, 0.29) is 16.9 Å². The minimum Gasteiger partial charge on any atom is -0.399 e. The molecule has 2 aromatic rings. The zero-order valence-corrected chi connectivity index (χ0v) is 9.99. The summed E-state index contributed by atoms with van der Waals surface area (Å²) < 4.78 is 18.6. The number of rotatable bonds is 1. The number of hydrogen-bond acceptors (Lipinski definition) is 4. The summed E-state index contributed by atoms with van der Waals surface area (Å²) in [6.45, 7) is 5.87. The van der Waals surface area contributed by atoms with Gasteiger partial charge >= 0.3 is 0 Å². The first-order valence-electron chi connectivity index (χ1n) is 5.27. The van der Waals surface area contributed by atoms with E-state index in [0.717, 1.165) is 0 Å². The van der Waals surface area contributed by atoms with E-state index in [1.54, 1.807) is 0 Å². The van der Waals surface area contributed by atoms with Crippen molar-refractivity contribution in [2.24, 2.45) is 0 Å². The van der Waals surface area contributed by atoms with Crippen molar-refractivity contribution in [3.63, 3.8) is 0 Å². The number of aromatic nitrogens is 2. The molecule has 0 unspecified atom stereocenters. The van der Waals surface area contributed by atoms with Crippen molar-refractivity contribution in [1.29, 1.82) is 0 Å². The molecule has 17 heavy (non-hydrogen) atoms. The van der Waals surface area contributed by atoms with Gasteiger partial charge in [-0.15, -0.1) is 0 Å². The molecule has 1 aromatic heterocycles. The van der Waals surface area contributed by atoms with Crippen LogP contribution in [0.1, 0.15) is 26.6 Å². The van der Waals surface area contributed by atoms with Crippen molar-refractivity contribution >= 4 is 5.69 Å². The Kier molecular flexibility index (Phi) is 2.61. The molecule has 0 spiro atoms. The highest BCUT2D eigenvalue weighted by molar-refractivity contribution is 5.60. The lowest BCUT2D eigenvalue weighted by Gasteiger charge is -2.10. The second-order valence-corrected chi connectivity index (χ2v) is 4.91. The minimum absolute atomic E-state index is 0.153. The molecule has 0 saturated heterocycles. The third-order valence-electron chi connectivity index (χ3n) is 2.32. The number of hydrogen-bond donors (Lipinski definition) is 1. The highest BCUT2D eigenvalue weighted by Gasteiger charge is 2.22. The number of nitrogens with two attached hydrogens (primary N) is 1. The molecule has 90 valence electrons. The molecule has 0 saturated carbocycles. The number of nitrogen functional groups attached to an aromatic ring is 1. The highest BCUT2D eigenvalue weighted by Crippen LogP contribution is 2.26. The summed E-state index contributed by atoms with van der Waals surface area (Å²) in [5.41, 5.74) is 6.05. The SMILES string of the molecule is CC(C)(C)c1noc(-c2cc(N)ccc2F)n1. The quantitative estimate of drug-likeness (QED) is 0.772. The van der Waals surface area contributed by atoms with Gasteiger partial charge < -0.3 is 10.3 Å². The fourth-order valence-electron chi connectivity index (χ4n) is 1.34. The van der Waals surface area contributed by atoms with E-state index in [0.29, 0.717) is 11.5 Å². The summed E-state index contributed by atoms with van der Waals surface area (Å²) >= 11 is 0. The van der Waals surface area contributed by atoms with Gasteiger partial charge in [0.05, 0.1) is 5.56 Å². The van der Waals surface area contributed by atoms with E-state index in [4.69, 9.17) is 10.3 Å². The Morgan fingerprint density at radius 3 is 2.59 bits per heavy atom. The monoisotopic (exact) mass is 235 g/mol. The van der Waals surface area contributed by atoms with Crippen LogP contribution in [-0.4, -0.2) is 10.1 Å². The fraction of sp³-hybridized carbons (Fsp3) is 0.333. The number of halogens is 1. The summed E-state index contributed by atoms with van der Waals surface area (Å²) in [6, 6.07) is 4.25. The normalized spacial score (nSPS) is 11.8. The number of anilines is 1. The molecule has 1 aromatic carbocycles. The summed E-state index contributed by atoms with van der Waals surface area (Å²) in [4.78, 5) is 4.18. The first-order valence-corrected chi connectivity index (χ1v) is 5.27. The van der Waals surface area contributed by atoms with Gasteiger partial charge in [-0.05, 0) is 18.2 Å². The van der Waals surface area contributed by atoms with Crippen molar-refractivity contribution in [2.75, 3.05) is 5.73 Å². The van der Waals surface area contributed by atoms with Crippen molar-refractivity contribution in [3.8, 4) is 11.5 Å². The number of benzene rings is 1. The lowest BCUT2D eigenvalue weighted by atomic mass is 9.96. The average Bonchev–Trinajstić information content (AvgIpc) is 2.70. The third kappa shape index (κ3) is 2.27. The van der Waals surface area contributed by atoms with Gasteiger partial charge in [-0.1, -0.05) is 25.9 Å². The van der Waals surface area contributed by atoms with Crippen molar-refractivity contribution in [3.05, 3.63) is 29.8 Å². The zero-order chi connectivity index (χ0) is 12.6. The van der Waals surface area contributed by atoms with Gasteiger partial charge in [0.1, 0.15) is 5.82 Å². The first-order chi connectivity index (χ1) is 7.88. The van der Waals surface area contributed by atoms with Crippen LogP contribution in [0.4, 0.5) is 10.1 Å². The van der Waals surface area contributed by atoms with E-state index in [1.807, 2.05) is 20.8 Å². The molecule has 5 heteroatoms. The Bertz CT molecular complexity index is 543. The summed E-state index contributed by atoms with van der Waals surface area (Å²) in [5, 5.41) is 3.84. The van der Waals surface area contributed by atoms with Gasteiger partial charge in [0.2, 0.25) is 0 Å². The van der Waals surface area contributed by atoms with Crippen LogP contribution in [-0.2, 0) is 5.41 Å². The van der Waals surface area contributed by atoms with Crippen molar-refractivity contribution in [2.45, 2.75) is 26.2 Å². The molecule has 0 radical (unpaired) electrons. The molecule has 4 nitrogen and oxygen atoms in total. The second-order valence-electron chi connectivity index (χ2n) is 4.91. The second kappa shape index (κ2) is 3.84. The molecule has 2 N–H and O–H groups in total. The molecule has 0 amide bonds. The van der Waals surface area contributed by atoms with Crippen LogP contribution in [0.15, 0.2) is 22.7 Å². The van der Waals surface area contributed by atoms with E-state index >= 15 is 0 Å². The maximum absolute atomic E-state index is 13.6. The Morgan fingerprint density at radius 1 is 1.29 bits per heavy atom. The maximum Gasteiger partial charge on any atom is 0.260 e. The molecule has 0 aliphatic heterocycles. The lowest BCUT2D eigenvalue weighted by molar-refractivity contribution is 0.401. The van der Waals surface area contributed by atoms with Gasteiger partial charge in [-0.3, -0.25) is 0 Å². The summed E-state index contributed by atoms with van der Waals surface area (Å²) in [6.07, 6.45) is 0. The molecule has 0 bridgehead atoms. The van der Waals surface area contributed by atoms with Gasteiger partial charge in [-0.2, -0.15) is 4.98 Å². The van der Waals surface area contributed by atoms with E-state index in [9.17, 15) is 4.39 Å². The minimum atomic E-state index is -0.427. The fourth-order valence-corrected chi connectivity index (χ4v) is 1.34.